The van der Waals surface area contributed by atoms with Crippen LogP contribution in [0.1, 0.15) is 51.9 Å². The molecule has 92 valence electrons. The van der Waals surface area contributed by atoms with Crippen LogP contribution in [0.15, 0.2) is 11.8 Å². The molecule has 2 nitrogen and oxygen atoms in total. The first-order valence-corrected chi connectivity index (χ1v) is 6.66. The first-order chi connectivity index (χ1) is 7.79. The average molecular weight is 224 g/mol. The molecule has 1 aliphatic heterocycles. The van der Waals surface area contributed by atoms with Crippen molar-refractivity contribution in [1.82, 2.24) is 0 Å². The van der Waals surface area contributed by atoms with Gasteiger partial charge in [-0.2, -0.15) is 0 Å². The van der Waals surface area contributed by atoms with E-state index < -0.39 is 0 Å². The fourth-order valence-electron chi connectivity index (χ4n) is 2.62. The Balaban J connectivity index is 1.64. The van der Waals surface area contributed by atoms with Crippen molar-refractivity contribution in [3.8, 4) is 0 Å². The Kier molecular flexibility index (Phi) is 4.28. The first kappa shape index (κ1) is 12.0. The van der Waals surface area contributed by atoms with Gasteiger partial charge in [-0.15, -0.1) is 0 Å². The topological polar surface area (TPSA) is 18.5 Å². The third kappa shape index (κ3) is 3.51. The van der Waals surface area contributed by atoms with E-state index in [4.69, 9.17) is 9.47 Å². The highest BCUT2D eigenvalue weighted by Crippen LogP contribution is 2.31. The summed E-state index contributed by atoms with van der Waals surface area (Å²) in [6, 6.07) is 0. The van der Waals surface area contributed by atoms with E-state index in [9.17, 15) is 0 Å². The minimum absolute atomic E-state index is 0.354. The maximum atomic E-state index is 5.67. The summed E-state index contributed by atoms with van der Waals surface area (Å²) in [5.74, 6) is 0. The predicted molar refractivity (Wildman–Crippen MR) is 65.3 cm³/mol. The highest BCUT2D eigenvalue weighted by molar-refractivity contribution is 5.02. The summed E-state index contributed by atoms with van der Waals surface area (Å²) in [5, 5.41) is 0. The van der Waals surface area contributed by atoms with E-state index in [1.165, 1.54) is 44.1 Å². The lowest BCUT2D eigenvalue weighted by atomic mass is 9.82. The Morgan fingerprint density at radius 2 is 2.12 bits per heavy atom. The number of allylic oxidation sites excluding steroid dienone is 1. The van der Waals surface area contributed by atoms with Crippen LogP contribution in [-0.2, 0) is 9.47 Å². The van der Waals surface area contributed by atoms with Gasteiger partial charge in [-0.25, -0.2) is 0 Å². The molecule has 1 unspecified atom stereocenters. The zero-order valence-electron chi connectivity index (χ0n) is 10.5. The summed E-state index contributed by atoms with van der Waals surface area (Å²) >= 11 is 0. The zero-order valence-corrected chi connectivity index (χ0v) is 10.5. The second-order valence-electron chi connectivity index (χ2n) is 5.57. The van der Waals surface area contributed by atoms with Gasteiger partial charge in [0.2, 0.25) is 0 Å². The fourth-order valence-corrected chi connectivity index (χ4v) is 2.62. The second kappa shape index (κ2) is 5.72. The highest BCUT2D eigenvalue weighted by atomic mass is 16.5. The molecule has 0 radical (unpaired) electrons. The summed E-state index contributed by atoms with van der Waals surface area (Å²) in [5.41, 5.74) is 1.86. The van der Waals surface area contributed by atoms with Crippen molar-refractivity contribution in [2.75, 3.05) is 19.8 Å². The fraction of sp³-hybridized carbons (Fsp3) is 0.857. The Hall–Kier alpha value is -0.500. The van der Waals surface area contributed by atoms with Gasteiger partial charge in [0.05, 0.1) is 19.5 Å². The Morgan fingerprint density at radius 3 is 2.81 bits per heavy atom. The van der Waals surface area contributed by atoms with Gasteiger partial charge in [-0.3, -0.25) is 0 Å². The maximum Gasteiger partial charge on any atom is 0.0879 e. The van der Waals surface area contributed by atoms with Crippen LogP contribution in [0.25, 0.3) is 0 Å². The van der Waals surface area contributed by atoms with Crippen molar-refractivity contribution in [3.05, 3.63) is 11.8 Å². The summed E-state index contributed by atoms with van der Waals surface area (Å²) in [6.07, 6.45) is 10.8. The van der Waals surface area contributed by atoms with Gasteiger partial charge in [-0.1, -0.05) is 6.92 Å². The van der Waals surface area contributed by atoms with E-state index in [0.29, 0.717) is 5.41 Å². The van der Waals surface area contributed by atoms with Crippen LogP contribution in [0.2, 0.25) is 0 Å². The Bertz CT molecular complexity index is 231. The Labute approximate surface area is 99.0 Å². The van der Waals surface area contributed by atoms with E-state index in [0.717, 1.165) is 26.2 Å². The van der Waals surface area contributed by atoms with Gasteiger partial charge in [0.25, 0.3) is 0 Å². The molecule has 0 bridgehead atoms. The van der Waals surface area contributed by atoms with Gasteiger partial charge in [0, 0.05) is 6.61 Å². The van der Waals surface area contributed by atoms with E-state index in [1.807, 2.05) is 6.26 Å². The van der Waals surface area contributed by atoms with E-state index in [2.05, 4.69) is 6.92 Å². The maximum absolute atomic E-state index is 5.67. The lowest BCUT2D eigenvalue weighted by Gasteiger charge is -2.33. The molecule has 1 saturated carbocycles. The number of hydrogen-bond donors (Lipinski definition) is 0. The normalized spacial score (nSPS) is 30.4. The first-order valence-electron chi connectivity index (χ1n) is 6.66. The molecule has 2 heteroatoms. The molecular formula is C14H24O2. The molecule has 1 heterocycles. The molecule has 0 aromatic heterocycles. The number of hydrogen-bond acceptors (Lipinski definition) is 2. The quantitative estimate of drug-likeness (QED) is 0.536. The molecule has 2 fully saturated rings. The summed E-state index contributed by atoms with van der Waals surface area (Å²) in [7, 11) is 0. The van der Waals surface area contributed by atoms with Crippen LogP contribution >= 0.6 is 0 Å². The van der Waals surface area contributed by atoms with Crippen molar-refractivity contribution in [1.29, 1.82) is 0 Å². The monoisotopic (exact) mass is 224 g/mol. The molecular weight excluding hydrogens is 200 g/mol. The van der Waals surface area contributed by atoms with Crippen molar-refractivity contribution in [2.24, 2.45) is 5.41 Å². The third-order valence-electron chi connectivity index (χ3n) is 3.84. The van der Waals surface area contributed by atoms with Crippen molar-refractivity contribution in [2.45, 2.75) is 51.9 Å². The van der Waals surface area contributed by atoms with Crippen LogP contribution in [0.4, 0.5) is 0 Å². The molecule has 1 saturated heterocycles. The zero-order chi connectivity index (χ0) is 11.3. The van der Waals surface area contributed by atoms with Crippen LogP contribution in [0.3, 0.4) is 0 Å². The van der Waals surface area contributed by atoms with Gasteiger partial charge in [-0.05, 0) is 55.9 Å². The van der Waals surface area contributed by atoms with E-state index >= 15 is 0 Å². The predicted octanol–water partition coefficient (Wildman–Crippen LogP) is 3.67. The minimum atomic E-state index is 0.354. The van der Waals surface area contributed by atoms with Crippen LogP contribution in [-0.4, -0.2) is 19.8 Å². The molecule has 0 aromatic carbocycles. The van der Waals surface area contributed by atoms with Crippen LogP contribution < -0.4 is 0 Å². The second-order valence-corrected chi connectivity index (χ2v) is 5.57. The summed E-state index contributed by atoms with van der Waals surface area (Å²) in [6.45, 7) is 5.02. The average Bonchev–Trinajstić information content (AvgIpc) is 2.78. The molecule has 16 heavy (non-hydrogen) atoms. The molecule has 2 aliphatic rings. The Morgan fingerprint density at radius 1 is 1.31 bits per heavy atom. The minimum Gasteiger partial charge on any atom is -0.501 e. The summed E-state index contributed by atoms with van der Waals surface area (Å²) in [4.78, 5) is 0. The lowest BCUT2D eigenvalue weighted by molar-refractivity contribution is -0.0109. The number of rotatable bonds is 4. The van der Waals surface area contributed by atoms with Crippen molar-refractivity contribution >= 4 is 0 Å². The van der Waals surface area contributed by atoms with Crippen molar-refractivity contribution in [3.63, 3.8) is 0 Å². The standard InChI is InChI=1S/C14H24O2/c1-14(7-4-9-16-12-14)8-10-15-11-13-5-2-3-6-13/h11H,2-10,12H2,1H3. The smallest absolute Gasteiger partial charge is 0.0879 e. The molecule has 0 aromatic rings. The number of ether oxygens (including phenoxy) is 2. The largest absolute Gasteiger partial charge is 0.501 e. The van der Waals surface area contributed by atoms with E-state index in [1.54, 1.807) is 0 Å². The van der Waals surface area contributed by atoms with Crippen LogP contribution in [0, 0.1) is 5.41 Å². The third-order valence-corrected chi connectivity index (χ3v) is 3.84. The van der Waals surface area contributed by atoms with E-state index in [-0.39, 0.29) is 0 Å². The van der Waals surface area contributed by atoms with Gasteiger partial charge in [0.1, 0.15) is 0 Å². The van der Waals surface area contributed by atoms with Gasteiger partial charge < -0.3 is 9.47 Å². The molecule has 1 aliphatic carbocycles. The van der Waals surface area contributed by atoms with Crippen molar-refractivity contribution < 1.29 is 9.47 Å². The molecule has 0 amide bonds. The molecule has 0 spiro atoms. The van der Waals surface area contributed by atoms with Crippen LogP contribution in [0.5, 0.6) is 0 Å². The highest BCUT2D eigenvalue weighted by Gasteiger charge is 2.27. The van der Waals surface area contributed by atoms with Gasteiger partial charge >= 0.3 is 0 Å². The molecule has 0 N–H and O–H groups in total. The lowest BCUT2D eigenvalue weighted by Crippen LogP contribution is -2.29. The summed E-state index contributed by atoms with van der Waals surface area (Å²) < 4.78 is 11.2. The SMILES string of the molecule is CC1(CCOC=C2CCCC2)CCCOC1. The molecule has 2 rings (SSSR count). The van der Waals surface area contributed by atoms with Gasteiger partial charge in [0.15, 0.2) is 0 Å². The molecule has 1 atom stereocenters.